The van der Waals surface area contributed by atoms with E-state index in [0.29, 0.717) is 23.4 Å². The zero-order valence-electron chi connectivity index (χ0n) is 19.9. The smallest absolute Gasteiger partial charge is 0.401 e. The number of nitrogens with one attached hydrogen (secondary N) is 1. The van der Waals surface area contributed by atoms with Crippen LogP contribution in [0.5, 0.6) is 0 Å². The molecule has 1 aromatic rings. The highest BCUT2D eigenvalue weighted by Gasteiger charge is 2.52. The lowest BCUT2D eigenvalue weighted by Crippen LogP contribution is -2.41. The van der Waals surface area contributed by atoms with Gasteiger partial charge in [0.15, 0.2) is 0 Å². The van der Waals surface area contributed by atoms with Crippen molar-refractivity contribution < 1.29 is 14.1 Å². The van der Waals surface area contributed by atoms with Crippen LogP contribution in [0.1, 0.15) is 60.5 Å². The van der Waals surface area contributed by atoms with E-state index in [1.54, 1.807) is 26.0 Å². The molecule has 2 rings (SSSR count). The molecule has 1 aliphatic heterocycles. The zero-order valence-corrected chi connectivity index (χ0v) is 19.9. The predicted molar refractivity (Wildman–Crippen MR) is 126 cm³/mol. The number of hydrogen-bond donors (Lipinski definition) is 2. The molecule has 1 aliphatic rings. The van der Waals surface area contributed by atoms with E-state index < -0.39 is 23.7 Å². The highest BCUT2D eigenvalue weighted by Crippen LogP contribution is 2.36. The number of carbonyl (C=O) groups excluding carboxylic acids is 1. The maximum atomic E-state index is 13.0. The topological polar surface area (TPSA) is 97.4 Å². The van der Waals surface area contributed by atoms with Crippen LogP contribution in [0.2, 0.25) is 0 Å². The van der Waals surface area contributed by atoms with Crippen molar-refractivity contribution in [3.63, 3.8) is 0 Å². The highest BCUT2D eigenvalue weighted by atomic mass is 16.7. The number of amides is 1. The monoisotopic (exact) mass is 423 g/mol. The molecule has 0 radical (unpaired) electrons. The van der Waals surface area contributed by atoms with Crippen LogP contribution in [0, 0.1) is 23.7 Å². The minimum Gasteiger partial charge on any atom is -0.401 e. The molecule has 1 aromatic carbocycles. The van der Waals surface area contributed by atoms with Crippen LogP contribution in [0.4, 0.5) is 5.69 Å². The summed E-state index contributed by atoms with van der Waals surface area (Å²) in [7, 11) is -0.514. The second-order valence-electron chi connectivity index (χ2n) is 9.52. The minimum absolute atomic E-state index is 0.290. The summed E-state index contributed by atoms with van der Waals surface area (Å²) in [6, 6.07) is 7.81. The molecule has 0 aromatic heterocycles. The fourth-order valence-corrected chi connectivity index (χ4v) is 3.00. The number of nitrogens with zero attached hydrogens (tertiary/aromatic N) is 1. The summed E-state index contributed by atoms with van der Waals surface area (Å²) >= 11 is 0. The molecule has 31 heavy (non-hydrogen) atoms. The van der Waals surface area contributed by atoms with Gasteiger partial charge in [-0.2, -0.15) is 5.26 Å². The van der Waals surface area contributed by atoms with E-state index in [-0.39, 0.29) is 5.91 Å². The Morgan fingerprint density at radius 3 is 2.35 bits per heavy atom. The number of benzene rings is 1. The maximum absolute atomic E-state index is 13.0. The molecular weight excluding hydrogens is 389 g/mol. The van der Waals surface area contributed by atoms with E-state index in [9.17, 15) is 10.1 Å². The second-order valence-corrected chi connectivity index (χ2v) is 9.52. The van der Waals surface area contributed by atoms with Gasteiger partial charge >= 0.3 is 7.12 Å². The van der Waals surface area contributed by atoms with Crippen LogP contribution in [-0.2, 0) is 14.1 Å². The molecule has 7 heteroatoms. The van der Waals surface area contributed by atoms with Gasteiger partial charge in [0, 0.05) is 17.0 Å². The summed E-state index contributed by atoms with van der Waals surface area (Å²) < 4.78 is 12.4. The number of nitrogens with two attached hydrogens (primary N) is 1. The van der Waals surface area contributed by atoms with Crippen LogP contribution in [-0.4, -0.2) is 24.2 Å². The number of hydrogen-bond acceptors (Lipinski definition) is 5. The Labute approximate surface area is 186 Å². The third-order valence-corrected chi connectivity index (χ3v) is 6.04. The standard InChI is InChI=1S/C24H34BN3O3/c1-9-10-17(13-20(27)22(3,4)15-26)21(29)28-18-12-11-16(2)19(14-18)25-30-23(5,6)24(7,8)31-25/h10-14H,9,27H2,1-8H3,(H,28,29)/b17-10+,20-13-. The van der Waals surface area contributed by atoms with Crippen LogP contribution in [0.25, 0.3) is 0 Å². The van der Waals surface area contributed by atoms with E-state index in [1.807, 2.05) is 59.7 Å². The van der Waals surface area contributed by atoms with Crippen molar-refractivity contribution in [2.75, 3.05) is 5.32 Å². The van der Waals surface area contributed by atoms with Crippen molar-refractivity contribution in [2.45, 2.75) is 73.0 Å². The van der Waals surface area contributed by atoms with E-state index in [0.717, 1.165) is 11.0 Å². The predicted octanol–water partition coefficient (Wildman–Crippen LogP) is 3.96. The molecule has 1 amide bonds. The van der Waals surface area contributed by atoms with Crippen molar-refractivity contribution in [1.29, 1.82) is 5.26 Å². The second kappa shape index (κ2) is 8.90. The third-order valence-electron chi connectivity index (χ3n) is 6.04. The number of anilines is 1. The van der Waals surface area contributed by atoms with Gasteiger partial charge in [-0.25, -0.2) is 0 Å². The summed E-state index contributed by atoms with van der Waals surface area (Å²) in [5.74, 6) is -0.290. The first-order chi connectivity index (χ1) is 14.2. The van der Waals surface area contributed by atoms with Crippen molar-refractivity contribution in [3.8, 4) is 6.07 Å². The van der Waals surface area contributed by atoms with Gasteiger partial charge in [-0.05, 0) is 78.6 Å². The Balaban J connectivity index is 2.30. The number of aryl methyl sites for hydroxylation is 1. The van der Waals surface area contributed by atoms with Gasteiger partial charge in [-0.1, -0.05) is 24.6 Å². The first kappa shape index (κ1) is 24.7. The molecule has 0 unspecified atom stereocenters. The molecule has 1 saturated heterocycles. The third kappa shape index (κ3) is 5.38. The number of nitriles is 1. The average Bonchev–Trinajstić information content (AvgIpc) is 2.89. The fourth-order valence-electron chi connectivity index (χ4n) is 3.00. The zero-order chi connectivity index (χ0) is 23.6. The maximum Gasteiger partial charge on any atom is 0.495 e. The summed E-state index contributed by atoms with van der Waals surface area (Å²) in [6.45, 7) is 15.4. The molecule has 0 aliphatic carbocycles. The number of rotatable bonds is 6. The van der Waals surface area contributed by atoms with Crippen molar-refractivity contribution in [3.05, 3.63) is 47.2 Å². The summed E-state index contributed by atoms with van der Waals surface area (Å²) in [5, 5.41) is 12.2. The molecule has 166 valence electrons. The van der Waals surface area contributed by atoms with Gasteiger partial charge in [0.05, 0.1) is 22.7 Å². The lowest BCUT2D eigenvalue weighted by molar-refractivity contribution is -0.112. The van der Waals surface area contributed by atoms with Crippen molar-refractivity contribution in [2.24, 2.45) is 11.1 Å². The number of carbonyl (C=O) groups is 1. The Morgan fingerprint density at radius 2 is 1.84 bits per heavy atom. The molecule has 0 spiro atoms. The summed E-state index contributed by atoms with van der Waals surface area (Å²) in [4.78, 5) is 13.0. The fraction of sp³-hybridized carbons (Fsp3) is 0.500. The van der Waals surface area contributed by atoms with Gasteiger partial charge < -0.3 is 20.4 Å². The van der Waals surface area contributed by atoms with Gasteiger partial charge in [0.2, 0.25) is 0 Å². The molecule has 1 heterocycles. The Morgan fingerprint density at radius 1 is 1.26 bits per heavy atom. The van der Waals surface area contributed by atoms with Gasteiger partial charge in [-0.3, -0.25) is 4.79 Å². The van der Waals surface area contributed by atoms with E-state index in [2.05, 4.69) is 11.4 Å². The van der Waals surface area contributed by atoms with Gasteiger partial charge in [0.1, 0.15) is 0 Å². The molecular formula is C24H34BN3O3. The Hall–Kier alpha value is -2.56. The Bertz CT molecular complexity index is 939. The number of allylic oxidation sites excluding steroid dienone is 2. The summed E-state index contributed by atoms with van der Waals surface area (Å²) in [5.41, 5.74) is 7.61. The molecule has 1 fully saturated rings. The normalized spacial score (nSPS) is 18.6. The SMILES string of the molecule is CC/C=C(\C=C(/N)C(C)(C)C#N)C(=O)Nc1ccc(C)c(B2OC(C)(C)C(C)(C)O2)c1. The quantitative estimate of drug-likeness (QED) is 0.410. The molecule has 3 N–H and O–H groups in total. The Kier molecular flexibility index (Phi) is 7.09. The highest BCUT2D eigenvalue weighted by molar-refractivity contribution is 6.62. The molecule has 0 saturated carbocycles. The van der Waals surface area contributed by atoms with Crippen LogP contribution in [0.3, 0.4) is 0 Å². The van der Waals surface area contributed by atoms with E-state index in [4.69, 9.17) is 15.0 Å². The summed E-state index contributed by atoms with van der Waals surface area (Å²) in [6.07, 6.45) is 4.02. The van der Waals surface area contributed by atoms with Crippen LogP contribution in [0.15, 0.2) is 41.6 Å². The van der Waals surface area contributed by atoms with Crippen LogP contribution < -0.4 is 16.5 Å². The van der Waals surface area contributed by atoms with Gasteiger partial charge in [-0.15, -0.1) is 0 Å². The minimum atomic E-state index is -0.860. The first-order valence-corrected chi connectivity index (χ1v) is 10.6. The van der Waals surface area contributed by atoms with E-state index >= 15 is 0 Å². The lowest BCUT2D eigenvalue weighted by atomic mass is 9.76. The van der Waals surface area contributed by atoms with E-state index in [1.165, 1.54) is 0 Å². The van der Waals surface area contributed by atoms with Crippen LogP contribution >= 0.6 is 0 Å². The van der Waals surface area contributed by atoms with Gasteiger partial charge in [0.25, 0.3) is 5.91 Å². The molecule has 6 nitrogen and oxygen atoms in total. The van der Waals surface area contributed by atoms with Crippen molar-refractivity contribution in [1.82, 2.24) is 0 Å². The first-order valence-electron chi connectivity index (χ1n) is 10.6. The largest absolute Gasteiger partial charge is 0.495 e. The lowest BCUT2D eigenvalue weighted by Gasteiger charge is -2.32. The molecule has 0 atom stereocenters. The molecule has 0 bridgehead atoms. The van der Waals surface area contributed by atoms with Crippen molar-refractivity contribution >= 4 is 24.2 Å². The average molecular weight is 423 g/mol.